The van der Waals surface area contributed by atoms with Gasteiger partial charge in [0.1, 0.15) is 0 Å². The van der Waals surface area contributed by atoms with Crippen LogP contribution in [-0.2, 0) is 0 Å². The minimum atomic E-state index is 0.469. The van der Waals surface area contributed by atoms with Gasteiger partial charge in [0.25, 0.3) is 0 Å². The first-order chi connectivity index (χ1) is 7.63. The van der Waals surface area contributed by atoms with E-state index < -0.39 is 0 Å². The lowest BCUT2D eigenvalue weighted by Crippen LogP contribution is -2.09. The van der Waals surface area contributed by atoms with E-state index >= 15 is 0 Å². The molecule has 16 heavy (non-hydrogen) atoms. The highest BCUT2D eigenvalue weighted by atomic mass is 14.8. The summed E-state index contributed by atoms with van der Waals surface area (Å²) in [7, 11) is 0. The smallest absolute Gasteiger partial charge is 0.0502 e. The monoisotopic (exact) mass is 222 g/mol. The van der Waals surface area contributed by atoms with Gasteiger partial charge in [-0.1, -0.05) is 40.0 Å². The molecule has 1 fully saturated rings. The fraction of sp³-hybridized carbons (Fsp3) is 0.786. The van der Waals surface area contributed by atoms with Crippen molar-refractivity contribution in [1.82, 2.24) is 0 Å². The van der Waals surface area contributed by atoms with E-state index in [2.05, 4.69) is 20.8 Å². The van der Waals surface area contributed by atoms with Crippen molar-refractivity contribution in [2.75, 3.05) is 0 Å². The second-order valence-electron chi connectivity index (χ2n) is 5.38. The quantitative estimate of drug-likeness (QED) is 0.576. The van der Waals surface area contributed by atoms with Crippen molar-refractivity contribution in [3.8, 4) is 0 Å². The molecule has 0 aromatic rings. The van der Waals surface area contributed by atoms with Gasteiger partial charge in [-0.05, 0) is 36.5 Å². The minimum Gasteiger partial charge on any atom is -0.404 e. The Morgan fingerprint density at radius 2 is 2.00 bits per heavy atom. The standard InChI is InChI=1S/C14H26N2/c1-11(2)13(9-15)10-16-14-7-5-4-6-12(3)8-14/h9-12,14H,4-8,15H2,1-3H3/b13-9+,16-10?. The molecule has 0 spiro atoms. The topological polar surface area (TPSA) is 38.4 Å². The third-order valence-electron chi connectivity index (χ3n) is 3.45. The first-order valence-corrected chi connectivity index (χ1v) is 6.58. The van der Waals surface area contributed by atoms with Crippen LogP contribution in [-0.4, -0.2) is 12.3 Å². The van der Waals surface area contributed by atoms with Crippen LogP contribution in [0.5, 0.6) is 0 Å². The highest BCUT2D eigenvalue weighted by molar-refractivity contribution is 5.78. The first-order valence-electron chi connectivity index (χ1n) is 6.58. The van der Waals surface area contributed by atoms with Crippen LogP contribution in [0.3, 0.4) is 0 Å². The Hall–Kier alpha value is -0.790. The summed E-state index contributed by atoms with van der Waals surface area (Å²) in [5, 5.41) is 0. The third kappa shape index (κ3) is 4.38. The van der Waals surface area contributed by atoms with Crippen molar-refractivity contribution < 1.29 is 0 Å². The van der Waals surface area contributed by atoms with Gasteiger partial charge >= 0.3 is 0 Å². The normalized spacial score (nSPS) is 28.6. The van der Waals surface area contributed by atoms with Crippen LogP contribution in [0.1, 0.15) is 52.9 Å². The summed E-state index contributed by atoms with van der Waals surface area (Å²) < 4.78 is 0. The highest BCUT2D eigenvalue weighted by Gasteiger charge is 2.15. The van der Waals surface area contributed by atoms with Gasteiger partial charge in [0.05, 0.1) is 6.04 Å². The SMILES string of the molecule is CC1CCCCC(N=C/C(=C\N)C(C)C)C1. The van der Waals surface area contributed by atoms with Crippen molar-refractivity contribution in [3.63, 3.8) is 0 Å². The maximum atomic E-state index is 5.59. The van der Waals surface area contributed by atoms with Crippen LogP contribution >= 0.6 is 0 Å². The van der Waals surface area contributed by atoms with Gasteiger partial charge in [0, 0.05) is 6.21 Å². The molecule has 2 nitrogen and oxygen atoms in total. The van der Waals surface area contributed by atoms with E-state index in [1.807, 2.05) is 6.21 Å². The highest BCUT2D eigenvalue weighted by Crippen LogP contribution is 2.24. The molecule has 1 rings (SSSR count). The minimum absolute atomic E-state index is 0.469. The Morgan fingerprint density at radius 3 is 2.62 bits per heavy atom. The lowest BCUT2D eigenvalue weighted by atomic mass is 10.0. The molecule has 0 aromatic carbocycles. The van der Waals surface area contributed by atoms with Crippen molar-refractivity contribution in [2.45, 2.75) is 58.9 Å². The molecule has 0 aromatic heterocycles. The molecule has 2 atom stereocenters. The lowest BCUT2D eigenvalue weighted by molar-refractivity contribution is 0.471. The summed E-state index contributed by atoms with van der Waals surface area (Å²) in [6.07, 6.45) is 10.2. The van der Waals surface area contributed by atoms with Crippen LogP contribution in [0.15, 0.2) is 16.8 Å². The van der Waals surface area contributed by atoms with E-state index in [0.29, 0.717) is 12.0 Å². The Kier molecular flexibility index (Phi) is 5.58. The molecule has 0 bridgehead atoms. The zero-order valence-electron chi connectivity index (χ0n) is 10.9. The number of hydrogen-bond donors (Lipinski definition) is 1. The predicted molar refractivity (Wildman–Crippen MR) is 71.6 cm³/mol. The first kappa shape index (κ1) is 13.3. The van der Waals surface area contributed by atoms with Gasteiger partial charge in [-0.2, -0.15) is 0 Å². The van der Waals surface area contributed by atoms with Crippen molar-refractivity contribution in [2.24, 2.45) is 22.6 Å². The lowest BCUT2D eigenvalue weighted by Gasteiger charge is -2.13. The average molecular weight is 222 g/mol. The van der Waals surface area contributed by atoms with Crippen molar-refractivity contribution in [3.05, 3.63) is 11.8 Å². The zero-order valence-corrected chi connectivity index (χ0v) is 10.9. The molecule has 2 unspecified atom stereocenters. The second-order valence-corrected chi connectivity index (χ2v) is 5.38. The molecule has 0 radical (unpaired) electrons. The number of aliphatic imine (C=N–C) groups is 1. The van der Waals surface area contributed by atoms with Gasteiger partial charge in [0.2, 0.25) is 0 Å². The summed E-state index contributed by atoms with van der Waals surface area (Å²) >= 11 is 0. The summed E-state index contributed by atoms with van der Waals surface area (Å²) in [5.41, 5.74) is 6.74. The van der Waals surface area contributed by atoms with Crippen LogP contribution in [0.25, 0.3) is 0 Å². The molecule has 0 saturated heterocycles. The number of allylic oxidation sites excluding steroid dienone is 1. The fourth-order valence-corrected chi connectivity index (χ4v) is 2.28. The van der Waals surface area contributed by atoms with Crippen LogP contribution in [0.2, 0.25) is 0 Å². The van der Waals surface area contributed by atoms with Gasteiger partial charge in [-0.3, -0.25) is 4.99 Å². The summed E-state index contributed by atoms with van der Waals surface area (Å²) in [4.78, 5) is 4.71. The molecule has 0 aliphatic heterocycles. The Labute approximate surface area is 100 Å². The molecule has 0 heterocycles. The molecule has 92 valence electrons. The fourth-order valence-electron chi connectivity index (χ4n) is 2.28. The number of rotatable bonds is 3. The Bertz CT molecular complexity index is 253. The molecular weight excluding hydrogens is 196 g/mol. The predicted octanol–water partition coefficient (Wildman–Crippen LogP) is 3.52. The maximum Gasteiger partial charge on any atom is 0.0502 e. The van der Waals surface area contributed by atoms with E-state index in [9.17, 15) is 0 Å². The largest absolute Gasteiger partial charge is 0.404 e. The van der Waals surface area contributed by atoms with Crippen LogP contribution < -0.4 is 5.73 Å². The van der Waals surface area contributed by atoms with Gasteiger partial charge in [-0.15, -0.1) is 0 Å². The summed E-state index contributed by atoms with van der Waals surface area (Å²) in [5.74, 6) is 1.30. The average Bonchev–Trinajstić information content (AvgIpc) is 2.43. The van der Waals surface area contributed by atoms with E-state index in [0.717, 1.165) is 11.5 Å². The zero-order chi connectivity index (χ0) is 12.0. The Morgan fingerprint density at radius 1 is 1.31 bits per heavy atom. The van der Waals surface area contributed by atoms with Gasteiger partial charge in [-0.25, -0.2) is 0 Å². The Balaban J connectivity index is 2.54. The molecule has 2 heteroatoms. The molecule has 2 N–H and O–H groups in total. The summed E-state index contributed by atoms with van der Waals surface area (Å²) in [6, 6.07) is 0.520. The van der Waals surface area contributed by atoms with E-state index in [1.54, 1.807) is 6.20 Å². The third-order valence-corrected chi connectivity index (χ3v) is 3.45. The molecule has 1 aliphatic carbocycles. The maximum absolute atomic E-state index is 5.59. The number of hydrogen-bond acceptors (Lipinski definition) is 2. The van der Waals surface area contributed by atoms with E-state index in [4.69, 9.17) is 10.7 Å². The summed E-state index contributed by atoms with van der Waals surface area (Å²) in [6.45, 7) is 6.65. The van der Waals surface area contributed by atoms with E-state index in [-0.39, 0.29) is 0 Å². The van der Waals surface area contributed by atoms with Crippen molar-refractivity contribution >= 4 is 6.21 Å². The van der Waals surface area contributed by atoms with Gasteiger partial charge < -0.3 is 5.73 Å². The van der Waals surface area contributed by atoms with E-state index in [1.165, 1.54) is 32.1 Å². The van der Waals surface area contributed by atoms with Crippen LogP contribution in [0, 0.1) is 11.8 Å². The molecule has 0 amide bonds. The van der Waals surface area contributed by atoms with Crippen molar-refractivity contribution in [1.29, 1.82) is 0 Å². The second kappa shape index (κ2) is 6.72. The number of nitrogens with two attached hydrogens (primary N) is 1. The van der Waals surface area contributed by atoms with Crippen LogP contribution in [0.4, 0.5) is 0 Å². The molecular formula is C14H26N2. The molecule has 1 aliphatic rings. The number of nitrogens with zero attached hydrogens (tertiary/aromatic N) is 1. The molecule has 1 saturated carbocycles. The van der Waals surface area contributed by atoms with Gasteiger partial charge in [0.15, 0.2) is 0 Å².